The molecule has 4 heterocycles. The Labute approximate surface area is 182 Å². The predicted molar refractivity (Wildman–Crippen MR) is 116 cm³/mol. The van der Waals surface area contributed by atoms with E-state index in [-0.39, 0.29) is 17.9 Å². The summed E-state index contributed by atoms with van der Waals surface area (Å²) in [5.74, 6) is -0.650. The quantitative estimate of drug-likeness (QED) is 0.697. The van der Waals surface area contributed by atoms with Crippen LogP contribution in [0.3, 0.4) is 0 Å². The summed E-state index contributed by atoms with van der Waals surface area (Å²) >= 11 is 0. The van der Waals surface area contributed by atoms with Gasteiger partial charge in [-0.2, -0.15) is 5.10 Å². The van der Waals surface area contributed by atoms with Crippen LogP contribution in [0.1, 0.15) is 30.9 Å². The second-order valence-electron chi connectivity index (χ2n) is 9.29. The Kier molecular flexibility index (Phi) is 4.55. The molecule has 2 bridgehead atoms. The van der Waals surface area contributed by atoms with Crippen molar-refractivity contribution in [1.29, 1.82) is 0 Å². The molecule has 2 saturated heterocycles. The fraction of sp³-hybridized carbons (Fsp3) is 0.458. The van der Waals surface area contributed by atoms with Gasteiger partial charge in [0.1, 0.15) is 5.60 Å². The van der Waals surface area contributed by atoms with E-state index in [1.165, 1.54) is 5.56 Å². The number of ether oxygens (including phenoxy) is 1. The van der Waals surface area contributed by atoms with Gasteiger partial charge in [-0.05, 0) is 23.6 Å². The molecule has 0 saturated carbocycles. The van der Waals surface area contributed by atoms with Gasteiger partial charge < -0.3 is 14.5 Å². The zero-order chi connectivity index (χ0) is 21.9. The van der Waals surface area contributed by atoms with Crippen molar-refractivity contribution in [3.05, 3.63) is 59.9 Å². The fourth-order valence-corrected chi connectivity index (χ4v) is 5.20. The first-order valence-corrected chi connectivity index (χ1v) is 10.8. The fourth-order valence-electron chi connectivity index (χ4n) is 5.20. The third kappa shape index (κ3) is 3.10. The van der Waals surface area contributed by atoms with Crippen molar-refractivity contribution in [2.24, 2.45) is 18.9 Å². The largest absolute Gasteiger partial charge is 0.360 e. The Bertz CT molecular complexity index is 1060. The van der Waals surface area contributed by atoms with Crippen LogP contribution in [0.2, 0.25) is 0 Å². The van der Waals surface area contributed by atoms with E-state index in [0.717, 1.165) is 11.3 Å². The van der Waals surface area contributed by atoms with E-state index in [1.54, 1.807) is 27.7 Å². The first-order valence-electron chi connectivity index (χ1n) is 10.8. The third-order valence-corrected chi connectivity index (χ3v) is 6.81. The number of nitrogens with zero attached hydrogens (tertiary/aromatic N) is 4. The van der Waals surface area contributed by atoms with Gasteiger partial charge in [0.25, 0.3) is 0 Å². The lowest BCUT2D eigenvalue weighted by Crippen LogP contribution is -2.44. The molecular weight excluding hydrogens is 392 g/mol. The first kappa shape index (κ1) is 20.0. The smallest absolute Gasteiger partial charge is 0.234 e. The van der Waals surface area contributed by atoms with Crippen molar-refractivity contribution < 1.29 is 14.3 Å². The van der Waals surface area contributed by atoms with Crippen LogP contribution in [-0.4, -0.2) is 51.8 Å². The summed E-state index contributed by atoms with van der Waals surface area (Å²) in [6.45, 7) is 5.19. The Morgan fingerprint density at radius 2 is 2.06 bits per heavy atom. The molecular formula is C24H28N4O3. The van der Waals surface area contributed by atoms with E-state index < -0.39 is 17.4 Å². The number of carbonyl (C=O) groups is 2. The van der Waals surface area contributed by atoms with Gasteiger partial charge in [-0.1, -0.05) is 38.1 Å². The van der Waals surface area contributed by atoms with Gasteiger partial charge in [0.05, 0.1) is 30.7 Å². The molecule has 1 aromatic carbocycles. The molecule has 1 aromatic heterocycles. The van der Waals surface area contributed by atoms with Crippen molar-refractivity contribution in [3.63, 3.8) is 0 Å². The topological polar surface area (TPSA) is 67.7 Å². The zero-order valence-corrected chi connectivity index (χ0v) is 18.4. The molecule has 0 aliphatic carbocycles. The number of aryl methyl sites for hydroxylation is 1. The second-order valence-corrected chi connectivity index (χ2v) is 9.29. The highest BCUT2D eigenvalue weighted by atomic mass is 16.5. The van der Waals surface area contributed by atoms with Crippen LogP contribution in [0, 0.1) is 11.8 Å². The van der Waals surface area contributed by atoms with Crippen LogP contribution >= 0.6 is 0 Å². The number of hydrogen-bond donors (Lipinski definition) is 0. The van der Waals surface area contributed by atoms with E-state index in [0.29, 0.717) is 19.0 Å². The molecule has 3 aliphatic rings. The van der Waals surface area contributed by atoms with Gasteiger partial charge in [0.15, 0.2) is 0 Å². The Morgan fingerprint density at radius 1 is 1.32 bits per heavy atom. The average molecular weight is 421 g/mol. The lowest BCUT2D eigenvalue weighted by Gasteiger charge is -2.27. The molecule has 0 N–H and O–H groups in total. The highest BCUT2D eigenvalue weighted by Gasteiger charge is 2.67. The minimum absolute atomic E-state index is 0.0303. The summed E-state index contributed by atoms with van der Waals surface area (Å²) in [5.41, 5.74) is 2.33. The molecule has 31 heavy (non-hydrogen) atoms. The standard InChI is InChI=1S/C24H28N4O3/c1-15(2)17-5-7-18(8-6-17)28-14-24-10-9-19(31-24)20(21(24)23(28)30)22(29)26(3)12-16-11-25-27(4)13-16/h5-11,13,15,19-21H,12,14H2,1-4H3/t19-,20-,21-,24-/m0/s1. The highest BCUT2D eigenvalue weighted by Crippen LogP contribution is 2.53. The van der Waals surface area contributed by atoms with Gasteiger partial charge >= 0.3 is 0 Å². The minimum Gasteiger partial charge on any atom is -0.360 e. The van der Waals surface area contributed by atoms with Crippen molar-refractivity contribution >= 4 is 17.5 Å². The van der Waals surface area contributed by atoms with Crippen LogP contribution in [0.25, 0.3) is 0 Å². The number of fused-ring (bicyclic) bond motifs is 1. The lowest BCUT2D eigenvalue weighted by atomic mass is 9.76. The Morgan fingerprint density at radius 3 is 2.71 bits per heavy atom. The maximum atomic E-state index is 13.5. The number of hydrogen-bond acceptors (Lipinski definition) is 4. The van der Waals surface area contributed by atoms with Gasteiger partial charge in [-0.3, -0.25) is 14.3 Å². The number of amides is 2. The van der Waals surface area contributed by atoms with Crippen molar-refractivity contribution in [1.82, 2.24) is 14.7 Å². The molecule has 4 atom stereocenters. The summed E-state index contributed by atoms with van der Waals surface area (Å²) in [7, 11) is 3.63. The molecule has 2 amide bonds. The van der Waals surface area contributed by atoms with Crippen LogP contribution in [-0.2, 0) is 27.9 Å². The maximum absolute atomic E-state index is 13.5. The third-order valence-electron chi connectivity index (χ3n) is 6.81. The minimum atomic E-state index is -0.714. The molecule has 5 rings (SSSR count). The van der Waals surface area contributed by atoms with E-state index in [1.807, 2.05) is 37.5 Å². The molecule has 2 fully saturated rings. The monoisotopic (exact) mass is 420 g/mol. The predicted octanol–water partition coefficient (Wildman–Crippen LogP) is 2.49. The van der Waals surface area contributed by atoms with Gasteiger partial charge in [-0.15, -0.1) is 0 Å². The number of rotatable bonds is 5. The Balaban J connectivity index is 1.39. The van der Waals surface area contributed by atoms with E-state index in [9.17, 15) is 9.59 Å². The number of carbonyl (C=O) groups excluding carboxylic acids is 2. The van der Waals surface area contributed by atoms with Crippen LogP contribution in [0.4, 0.5) is 5.69 Å². The van der Waals surface area contributed by atoms with Gasteiger partial charge in [-0.25, -0.2) is 0 Å². The number of aromatic nitrogens is 2. The molecule has 3 aliphatic heterocycles. The van der Waals surface area contributed by atoms with E-state index in [4.69, 9.17) is 4.74 Å². The zero-order valence-electron chi connectivity index (χ0n) is 18.4. The molecule has 162 valence electrons. The van der Waals surface area contributed by atoms with Gasteiger partial charge in [0, 0.05) is 38.1 Å². The van der Waals surface area contributed by atoms with Crippen LogP contribution in [0.15, 0.2) is 48.8 Å². The number of benzene rings is 1. The summed E-state index contributed by atoms with van der Waals surface area (Å²) < 4.78 is 7.99. The Hall–Kier alpha value is -2.93. The average Bonchev–Trinajstić information content (AvgIpc) is 3.49. The molecule has 2 aromatic rings. The molecule has 0 unspecified atom stereocenters. The molecule has 7 nitrogen and oxygen atoms in total. The summed E-state index contributed by atoms with van der Waals surface area (Å²) in [5, 5.41) is 4.17. The highest BCUT2D eigenvalue weighted by molar-refractivity contribution is 6.03. The summed E-state index contributed by atoms with van der Waals surface area (Å²) in [6, 6.07) is 8.12. The van der Waals surface area contributed by atoms with Crippen LogP contribution in [0.5, 0.6) is 0 Å². The normalized spacial score (nSPS) is 28.6. The summed E-state index contributed by atoms with van der Waals surface area (Å²) in [6.07, 6.45) is 7.25. The number of anilines is 1. The van der Waals surface area contributed by atoms with Crippen molar-refractivity contribution in [3.8, 4) is 0 Å². The molecule has 7 heteroatoms. The van der Waals surface area contributed by atoms with E-state index >= 15 is 0 Å². The summed E-state index contributed by atoms with van der Waals surface area (Å²) in [4.78, 5) is 30.4. The lowest BCUT2D eigenvalue weighted by molar-refractivity contribution is -0.139. The maximum Gasteiger partial charge on any atom is 0.234 e. The van der Waals surface area contributed by atoms with Gasteiger partial charge in [0.2, 0.25) is 11.8 Å². The van der Waals surface area contributed by atoms with Crippen LogP contribution < -0.4 is 4.90 Å². The van der Waals surface area contributed by atoms with Crippen molar-refractivity contribution in [2.45, 2.75) is 38.0 Å². The SMILES string of the molecule is CC(C)c1ccc(N2C[C@]34C=C[C@H](O3)[C@H](C(=O)N(C)Cc3cnn(C)c3)[C@H]4C2=O)cc1. The molecule has 1 spiro atoms. The molecule has 0 radical (unpaired) electrons. The van der Waals surface area contributed by atoms with Crippen molar-refractivity contribution in [2.75, 3.05) is 18.5 Å². The first-order chi connectivity index (χ1) is 14.8. The van der Waals surface area contributed by atoms with E-state index in [2.05, 4.69) is 31.1 Å². The second kappa shape index (κ2) is 7.05.